The van der Waals surface area contributed by atoms with Crippen LogP contribution in [-0.4, -0.2) is 30.1 Å². The number of aromatic amines is 1. The van der Waals surface area contributed by atoms with Gasteiger partial charge in [0.1, 0.15) is 16.3 Å². The van der Waals surface area contributed by atoms with Gasteiger partial charge in [0.05, 0.1) is 24.2 Å². The third-order valence-corrected chi connectivity index (χ3v) is 5.68. The number of nitriles is 1. The minimum atomic E-state index is -0.747. The summed E-state index contributed by atoms with van der Waals surface area (Å²) < 4.78 is 11.0. The van der Waals surface area contributed by atoms with Crippen molar-refractivity contribution in [2.75, 3.05) is 19.5 Å². The van der Waals surface area contributed by atoms with Crippen molar-refractivity contribution in [3.63, 3.8) is 0 Å². The van der Waals surface area contributed by atoms with Crippen LogP contribution in [0.25, 0.3) is 10.3 Å². The number of nitrogens with zero attached hydrogens (tertiary/aromatic N) is 2. The molecule has 0 amide bonds. The number of ether oxygens (including phenoxy) is 2. The largest absolute Gasteiger partial charge is 0.465 e. The van der Waals surface area contributed by atoms with E-state index in [1.165, 1.54) is 18.4 Å². The third kappa shape index (κ3) is 2.88. The van der Waals surface area contributed by atoms with Crippen molar-refractivity contribution in [3.05, 3.63) is 62.8 Å². The molecule has 0 radical (unpaired) electrons. The number of nitrogens with one attached hydrogen (secondary N) is 2. The standard InChI is InChI=1S/C19H15N5O4S/c1-22-19-24-16-14(29-19)13-12(17(25)23-16)11(10(7-20)15(21)28-13)8-3-5-9(6-4-8)18(26)27-2/h3-6,11H,21H2,1-2H3,(H2,22,23,24,25). The number of hydrogen-bond acceptors (Lipinski definition) is 9. The van der Waals surface area contributed by atoms with Crippen LogP contribution in [0.2, 0.25) is 0 Å². The number of methoxy groups -OCH3 is 1. The van der Waals surface area contributed by atoms with Crippen LogP contribution in [0.4, 0.5) is 5.13 Å². The highest BCUT2D eigenvalue weighted by Gasteiger charge is 2.35. The highest BCUT2D eigenvalue weighted by atomic mass is 32.1. The number of anilines is 1. The molecule has 0 bridgehead atoms. The van der Waals surface area contributed by atoms with Crippen LogP contribution in [0.1, 0.15) is 27.4 Å². The molecule has 10 heteroatoms. The van der Waals surface area contributed by atoms with Gasteiger partial charge in [0.25, 0.3) is 5.56 Å². The molecule has 0 fully saturated rings. The van der Waals surface area contributed by atoms with Crippen LogP contribution in [0.5, 0.6) is 5.75 Å². The Morgan fingerprint density at radius 2 is 2.14 bits per heavy atom. The van der Waals surface area contributed by atoms with Gasteiger partial charge in [-0.05, 0) is 17.7 Å². The fourth-order valence-electron chi connectivity index (χ4n) is 3.26. The smallest absolute Gasteiger partial charge is 0.337 e. The average molecular weight is 409 g/mol. The Morgan fingerprint density at radius 3 is 2.76 bits per heavy atom. The number of H-pyrrole nitrogens is 1. The number of carbonyl (C=O) groups is 1. The van der Waals surface area contributed by atoms with Gasteiger partial charge in [-0.2, -0.15) is 5.26 Å². The van der Waals surface area contributed by atoms with Crippen molar-refractivity contribution in [1.82, 2.24) is 9.97 Å². The zero-order valence-electron chi connectivity index (χ0n) is 15.4. The molecular formula is C19H15N5O4S. The topological polar surface area (TPSA) is 143 Å². The number of nitrogens with two attached hydrogens (primary N) is 1. The Morgan fingerprint density at radius 1 is 1.41 bits per heavy atom. The van der Waals surface area contributed by atoms with Gasteiger partial charge < -0.3 is 25.5 Å². The molecule has 0 spiro atoms. The highest BCUT2D eigenvalue weighted by Crippen LogP contribution is 2.44. The number of esters is 1. The number of rotatable bonds is 3. The third-order valence-electron chi connectivity index (χ3n) is 4.61. The van der Waals surface area contributed by atoms with Gasteiger partial charge >= 0.3 is 5.97 Å². The monoisotopic (exact) mass is 409 g/mol. The van der Waals surface area contributed by atoms with Crippen LogP contribution < -0.4 is 21.3 Å². The van der Waals surface area contributed by atoms with Crippen LogP contribution in [0, 0.1) is 11.3 Å². The summed E-state index contributed by atoms with van der Waals surface area (Å²) in [6.45, 7) is 0. The maximum atomic E-state index is 12.9. The molecule has 4 N–H and O–H groups in total. The first-order chi connectivity index (χ1) is 14.0. The second-order valence-corrected chi connectivity index (χ2v) is 7.18. The number of hydrogen-bond donors (Lipinski definition) is 3. The average Bonchev–Trinajstić information content (AvgIpc) is 3.15. The summed E-state index contributed by atoms with van der Waals surface area (Å²) in [5, 5.41) is 13.2. The second-order valence-electron chi connectivity index (χ2n) is 6.18. The molecule has 3 aromatic rings. The van der Waals surface area contributed by atoms with Crippen molar-refractivity contribution < 1.29 is 14.3 Å². The van der Waals surface area contributed by atoms with E-state index in [1.54, 1.807) is 31.3 Å². The Balaban J connectivity index is 1.96. The minimum absolute atomic E-state index is 0.0756. The lowest BCUT2D eigenvalue weighted by Crippen LogP contribution is -2.27. The van der Waals surface area contributed by atoms with E-state index < -0.39 is 17.4 Å². The van der Waals surface area contributed by atoms with E-state index in [1.807, 2.05) is 6.07 Å². The lowest BCUT2D eigenvalue weighted by atomic mass is 9.84. The van der Waals surface area contributed by atoms with Gasteiger partial charge in [0.2, 0.25) is 5.88 Å². The molecule has 1 aliphatic heterocycles. The first-order valence-corrected chi connectivity index (χ1v) is 9.30. The molecular weight excluding hydrogens is 394 g/mol. The minimum Gasteiger partial charge on any atom is -0.465 e. The molecule has 0 aliphatic carbocycles. The summed E-state index contributed by atoms with van der Waals surface area (Å²) in [5.41, 5.74) is 7.32. The first kappa shape index (κ1) is 18.5. The molecule has 1 aromatic carbocycles. The van der Waals surface area contributed by atoms with Gasteiger partial charge in [0, 0.05) is 7.05 Å². The Kier molecular flexibility index (Phi) is 4.44. The molecule has 4 rings (SSSR count). The summed E-state index contributed by atoms with van der Waals surface area (Å²) in [6, 6.07) is 8.50. The number of allylic oxidation sites excluding steroid dienone is 1. The van der Waals surface area contributed by atoms with Crippen LogP contribution in [0.15, 0.2) is 40.5 Å². The Labute approximate surface area is 168 Å². The number of thiazole rings is 1. The lowest BCUT2D eigenvalue weighted by Gasteiger charge is -2.25. The number of benzene rings is 1. The molecule has 9 nitrogen and oxygen atoms in total. The van der Waals surface area contributed by atoms with Crippen LogP contribution in [-0.2, 0) is 4.74 Å². The number of aromatic nitrogens is 2. The molecule has 1 aliphatic rings. The van der Waals surface area contributed by atoms with E-state index in [2.05, 4.69) is 15.3 Å². The van der Waals surface area contributed by atoms with Gasteiger partial charge in [-0.1, -0.05) is 23.5 Å². The molecule has 29 heavy (non-hydrogen) atoms. The zero-order chi connectivity index (χ0) is 20.7. The predicted octanol–water partition coefficient (Wildman–Crippen LogP) is 2.03. The van der Waals surface area contributed by atoms with E-state index in [4.69, 9.17) is 15.2 Å². The van der Waals surface area contributed by atoms with E-state index in [0.717, 1.165) is 0 Å². The molecule has 1 unspecified atom stereocenters. The fraction of sp³-hybridized carbons (Fsp3) is 0.158. The van der Waals surface area contributed by atoms with Crippen molar-refractivity contribution >= 4 is 32.8 Å². The highest BCUT2D eigenvalue weighted by molar-refractivity contribution is 7.22. The molecule has 0 saturated carbocycles. The summed E-state index contributed by atoms with van der Waals surface area (Å²) in [6.07, 6.45) is 0. The molecule has 146 valence electrons. The molecule has 3 heterocycles. The quantitative estimate of drug-likeness (QED) is 0.558. The van der Waals surface area contributed by atoms with Gasteiger partial charge in [-0.3, -0.25) is 4.79 Å². The van der Waals surface area contributed by atoms with Gasteiger partial charge in [-0.25, -0.2) is 9.78 Å². The molecule has 1 atom stereocenters. The Bertz CT molecular complexity index is 1270. The normalized spacial score (nSPS) is 15.4. The Hall–Kier alpha value is -3.84. The molecule has 2 aromatic heterocycles. The number of pyridine rings is 1. The molecule has 0 saturated heterocycles. The van der Waals surface area contributed by atoms with Crippen LogP contribution >= 0.6 is 11.3 Å². The van der Waals surface area contributed by atoms with Crippen molar-refractivity contribution in [2.45, 2.75) is 5.92 Å². The van der Waals surface area contributed by atoms with Crippen molar-refractivity contribution in [2.24, 2.45) is 5.73 Å². The summed E-state index contributed by atoms with van der Waals surface area (Å²) >= 11 is 1.30. The second kappa shape index (κ2) is 6.96. The maximum absolute atomic E-state index is 12.9. The van der Waals surface area contributed by atoms with Crippen LogP contribution in [0.3, 0.4) is 0 Å². The first-order valence-electron chi connectivity index (χ1n) is 8.48. The summed E-state index contributed by atoms with van der Waals surface area (Å²) in [7, 11) is 3.01. The van der Waals surface area contributed by atoms with E-state index in [-0.39, 0.29) is 22.8 Å². The van der Waals surface area contributed by atoms with E-state index in [0.29, 0.717) is 26.6 Å². The zero-order valence-corrected chi connectivity index (χ0v) is 16.2. The lowest BCUT2D eigenvalue weighted by molar-refractivity contribution is 0.0600. The number of carbonyl (C=O) groups excluding carboxylic acids is 1. The van der Waals surface area contributed by atoms with E-state index >= 15 is 0 Å². The fourth-order valence-corrected chi connectivity index (χ4v) is 4.13. The predicted molar refractivity (Wildman–Crippen MR) is 107 cm³/mol. The van der Waals surface area contributed by atoms with Gasteiger partial charge in [0.15, 0.2) is 16.5 Å². The number of fused-ring (bicyclic) bond motifs is 3. The van der Waals surface area contributed by atoms with Gasteiger partial charge in [-0.15, -0.1) is 0 Å². The van der Waals surface area contributed by atoms with Crippen molar-refractivity contribution in [1.29, 1.82) is 5.26 Å². The summed E-state index contributed by atoms with van der Waals surface area (Å²) in [5.74, 6) is -1.03. The van der Waals surface area contributed by atoms with E-state index in [9.17, 15) is 14.9 Å². The maximum Gasteiger partial charge on any atom is 0.337 e. The summed E-state index contributed by atoms with van der Waals surface area (Å²) in [4.78, 5) is 31.7. The van der Waals surface area contributed by atoms with Crippen molar-refractivity contribution in [3.8, 4) is 11.8 Å². The SMILES string of the molecule is CNc1nc2[nH]c(=O)c3c(c2s1)OC(N)=C(C#N)C3c1ccc(C(=O)OC)cc1.